The van der Waals surface area contributed by atoms with E-state index in [9.17, 15) is 9.90 Å². The van der Waals surface area contributed by atoms with Gasteiger partial charge in [0.2, 0.25) is 0 Å². The molecule has 0 aliphatic carbocycles. The highest BCUT2D eigenvalue weighted by atomic mass is 16.6. The van der Waals surface area contributed by atoms with Crippen LogP contribution in [0.2, 0.25) is 0 Å². The standard InChI is InChI=1S/C8H17NO2.C7H6O2.C2H6/c1-6-4-7(9(2)3)5-8(10)11-6;8-7(9)6-4-2-1-3-5-6;1-2/h6-8,10H,4-5H2,1-3H3;1-5H,(H,8,9);1-2H3. The quantitative estimate of drug-likeness (QED) is 0.879. The third kappa shape index (κ3) is 8.12. The van der Waals surface area contributed by atoms with Crippen LogP contribution in [0.25, 0.3) is 0 Å². The molecular formula is C17H29NO4. The maximum absolute atomic E-state index is 10.2. The summed E-state index contributed by atoms with van der Waals surface area (Å²) in [5, 5.41) is 17.6. The molecule has 0 radical (unpaired) electrons. The lowest BCUT2D eigenvalue weighted by molar-refractivity contribution is -0.172. The molecule has 5 heteroatoms. The van der Waals surface area contributed by atoms with Gasteiger partial charge in [0, 0.05) is 12.5 Å². The van der Waals surface area contributed by atoms with Crippen molar-refractivity contribution in [1.29, 1.82) is 0 Å². The number of nitrogens with zero attached hydrogens (tertiary/aromatic N) is 1. The fourth-order valence-electron chi connectivity index (χ4n) is 2.09. The van der Waals surface area contributed by atoms with Gasteiger partial charge in [-0.2, -0.15) is 0 Å². The first kappa shape index (κ1) is 20.6. The number of benzene rings is 1. The Morgan fingerprint density at radius 1 is 1.18 bits per heavy atom. The maximum Gasteiger partial charge on any atom is 0.335 e. The predicted octanol–water partition coefficient (Wildman–Crippen LogP) is 2.84. The lowest BCUT2D eigenvalue weighted by atomic mass is 10.0. The van der Waals surface area contributed by atoms with Gasteiger partial charge in [-0.05, 0) is 39.6 Å². The second kappa shape index (κ2) is 11.2. The fourth-order valence-corrected chi connectivity index (χ4v) is 2.09. The highest BCUT2D eigenvalue weighted by Gasteiger charge is 2.26. The second-order valence-electron chi connectivity index (χ2n) is 5.16. The van der Waals surface area contributed by atoms with E-state index in [0.29, 0.717) is 11.6 Å². The van der Waals surface area contributed by atoms with E-state index in [-0.39, 0.29) is 6.10 Å². The largest absolute Gasteiger partial charge is 0.478 e. The van der Waals surface area contributed by atoms with E-state index >= 15 is 0 Å². The summed E-state index contributed by atoms with van der Waals surface area (Å²) in [5.41, 5.74) is 0.331. The zero-order valence-corrected chi connectivity index (χ0v) is 14.2. The van der Waals surface area contributed by atoms with Gasteiger partial charge in [-0.1, -0.05) is 32.0 Å². The van der Waals surface area contributed by atoms with E-state index in [0.717, 1.165) is 12.8 Å². The molecular weight excluding hydrogens is 282 g/mol. The van der Waals surface area contributed by atoms with Gasteiger partial charge >= 0.3 is 5.97 Å². The number of hydrogen-bond acceptors (Lipinski definition) is 4. The zero-order valence-electron chi connectivity index (χ0n) is 14.2. The van der Waals surface area contributed by atoms with Crippen LogP contribution >= 0.6 is 0 Å². The molecule has 0 bridgehead atoms. The molecule has 1 aliphatic heterocycles. The zero-order chi connectivity index (χ0) is 17.1. The minimum absolute atomic E-state index is 0.186. The first-order valence-corrected chi connectivity index (χ1v) is 7.68. The number of hydrogen-bond donors (Lipinski definition) is 2. The van der Waals surface area contributed by atoms with Gasteiger partial charge in [-0.3, -0.25) is 0 Å². The van der Waals surface area contributed by atoms with Gasteiger partial charge in [-0.25, -0.2) is 4.79 Å². The van der Waals surface area contributed by atoms with Gasteiger partial charge in [0.1, 0.15) is 0 Å². The van der Waals surface area contributed by atoms with Gasteiger partial charge in [0.25, 0.3) is 0 Å². The van der Waals surface area contributed by atoms with Crippen LogP contribution in [0.15, 0.2) is 30.3 Å². The Bertz CT molecular complexity index is 398. The van der Waals surface area contributed by atoms with Crippen molar-refractivity contribution in [2.75, 3.05) is 14.1 Å². The second-order valence-corrected chi connectivity index (χ2v) is 5.16. The Kier molecular flexibility index (Phi) is 10.5. The van der Waals surface area contributed by atoms with Crippen LogP contribution in [0.5, 0.6) is 0 Å². The minimum atomic E-state index is -0.879. The van der Waals surface area contributed by atoms with Crippen LogP contribution < -0.4 is 0 Å². The van der Waals surface area contributed by atoms with Crippen molar-refractivity contribution in [3.05, 3.63) is 35.9 Å². The van der Waals surface area contributed by atoms with E-state index in [2.05, 4.69) is 4.90 Å². The third-order valence-corrected chi connectivity index (χ3v) is 3.22. The Morgan fingerprint density at radius 2 is 1.73 bits per heavy atom. The molecule has 22 heavy (non-hydrogen) atoms. The molecule has 2 rings (SSSR count). The lowest BCUT2D eigenvalue weighted by Gasteiger charge is -2.34. The molecule has 1 aromatic carbocycles. The van der Waals surface area contributed by atoms with Crippen molar-refractivity contribution in [2.45, 2.75) is 52.0 Å². The van der Waals surface area contributed by atoms with E-state index in [4.69, 9.17) is 9.84 Å². The molecule has 1 saturated heterocycles. The van der Waals surface area contributed by atoms with Crippen molar-refractivity contribution in [3.8, 4) is 0 Å². The average molecular weight is 311 g/mol. The monoisotopic (exact) mass is 311 g/mol. The topological polar surface area (TPSA) is 70.0 Å². The molecule has 1 aromatic rings. The van der Waals surface area contributed by atoms with Crippen LogP contribution in [-0.4, -0.2) is 53.6 Å². The Morgan fingerprint density at radius 3 is 2.09 bits per heavy atom. The number of carboxylic acids is 1. The number of aliphatic hydroxyl groups excluding tert-OH is 1. The van der Waals surface area contributed by atoms with E-state index in [1.54, 1.807) is 30.3 Å². The molecule has 1 aliphatic rings. The van der Waals surface area contributed by atoms with Crippen LogP contribution in [0.1, 0.15) is 44.0 Å². The number of aliphatic hydroxyl groups is 1. The number of rotatable bonds is 2. The maximum atomic E-state index is 10.2. The molecule has 0 amide bonds. The molecule has 1 heterocycles. The number of aromatic carboxylic acids is 1. The normalized spacial score (nSPS) is 23.7. The van der Waals surface area contributed by atoms with Crippen molar-refractivity contribution in [3.63, 3.8) is 0 Å². The Balaban J connectivity index is 0.000000366. The summed E-state index contributed by atoms with van der Waals surface area (Å²) in [6.07, 6.45) is 1.37. The van der Waals surface area contributed by atoms with Gasteiger partial charge in [0.05, 0.1) is 11.7 Å². The van der Waals surface area contributed by atoms with Crippen LogP contribution in [0.4, 0.5) is 0 Å². The molecule has 0 spiro atoms. The summed E-state index contributed by atoms with van der Waals surface area (Å²) in [5.74, 6) is -0.879. The van der Waals surface area contributed by atoms with Crippen LogP contribution in [0, 0.1) is 0 Å². The fraction of sp³-hybridized carbons (Fsp3) is 0.588. The number of ether oxygens (including phenoxy) is 1. The summed E-state index contributed by atoms with van der Waals surface area (Å²) in [6.45, 7) is 6.00. The highest BCUT2D eigenvalue weighted by Crippen LogP contribution is 2.20. The molecule has 3 unspecified atom stereocenters. The van der Waals surface area contributed by atoms with E-state index in [1.807, 2.05) is 34.9 Å². The summed E-state index contributed by atoms with van der Waals surface area (Å²) < 4.78 is 5.20. The molecule has 126 valence electrons. The Labute approximate surface area is 133 Å². The van der Waals surface area contributed by atoms with Crippen LogP contribution in [0.3, 0.4) is 0 Å². The van der Waals surface area contributed by atoms with Gasteiger partial charge in [-0.15, -0.1) is 0 Å². The molecule has 5 nitrogen and oxygen atoms in total. The van der Waals surface area contributed by atoms with Gasteiger partial charge in [0.15, 0.2) is 6.29 Å². The van der Waals surface area contributed by atoms with Crippen molar-refractivity contribution >= 4 is 5.97 Å². The third-order valence-electron chi connectivity index (χ3n) is 3.22. The van der Waals surface area contributed by atoms with Crippen molar-refractivity contribution in [2.24, 2.45) is 0 Å². The summed E-state index contributed by atoms with van der Waals surface area (Å²) in [7, 11) is 4.07. The lowest BCUT2D eigenvalue weighted by Crippen LogP contribution is -2.41. The van der Waals surface area contributed by atoms with Gasteiger partial charge < -0.3 is 19.8 Å². The first-order chi connectivity index (χ1) is 10.4. The first-order valence-electron chi connectivity index (χ1n) is 7.68. The van der Waals surface area contributed by atoms with E-state index in [1.165, 1.54) is 0 Å². The summed E-state index contributed by atoms with van der Waals surface area (Å²) >= 11 is 0. The smallest absolute Gasteiger partial charge is 0.335 e. The average Bonchev–Trinajstić information content (AvgIpc) is 2.50. The Hall–Kier alpha value is -1.43. The van der Waals surface area contributed by atoms with Crippen molar-refractivity contribution in [1.82, 2.24) is 4.90 Å². The number of carbonyl (C=O) groups is 1. The highest BCUT2D eigenvalue weighted by molar-refractivity contribution is 5.87. The van der Waals surface area contributed by atoms with Crippen molar-refractivity contribution < 1.29 is 19.7 Å². The molecule has 0 aromatic heterocycles. The molecule has 0 saturated carbocycles. The van der Waals surface area contributed by atoms with E-state index < -0.39 is 12.3 Å². The number of carboxylic acid groups (broad SMARTS) is 1. The minimum Gasteiger partial charge on any atom is -0.478 e. The molecule has 2 N–H and O–H groups in total. The predicted molar refractivity (Wildman–Crippen MR) is 88.0 cm³/mol. The van der Waals surface area contributed by atoms with Crippen LogP contribution in [-0.2, 0) is 4.74 Å². The SMILES string of the molecule is CC.CC1CC(N(C)C)CC(O)O1.O=C(O)c1ccccc1. The molecule has 1 fully saturated rings. The summed E-state index contributed by atoms with van der Waals surface area (Å²) in [6, 6.07) is 8.76. The molecule has 3 atom stereocenters. The summed E-state index contributed by atoms with van der Waals surface area (Å²) in [4.78, 5) is 12.3.